The van der Waals surface area contributed by atoms with Crippen LogP contribution in [0.25, 0.3) is 0 Å². The average Bonchev–Trinajstić information content (AvgIpc) is 3.24. The topological polar surface area (TPSA) is 47.9 Å². The maximum absolute atomic E-state index is 13.0. The second-order valence-corrected chi connectivity index (χ2v) is 28.5. The zero-order valence-corrected chi connectivity index (χ0v) is 32.9. The monoisotopic (exact) mass is 654 g/mol. The Balaban J connectivity index is 1.47. The van der Waals surface area contributed by atoms with E-state index in [1.54, 1.807) is 0 Å². The highest BCUT2D eigenvalue weighted by Crippen LogP contribution is 2.67. The highest BCUT2D eigenvalue weighted by molar-refractivity contribution is 6.74. The van der Waals surface area contributed by atoms with E-state index in [2.05, 4.69) is 112 Å². The average molecular weight is 655 g/mol. The molecular weight excluding hydrogens is 589 g/mol. The molecule has 3 fully saturated rings. The minimum atomic E-state index is -1.92. The summed E-state index contributed by atoms with van der Waals surface area (Å²) in [6.07, 6.45) is 10.6. The lowest BCUT2D eigenvalue weighted by Gasteiger charge is -2.62. The van der Waals surface area contributed by atoms with Gasteiger partial charge >= 0.3 is 0 Å². The second-order valence-electron chi connectivity index (χ2n) is 19.0. The standard InChI is InChI=1S/C39H66O4Si2/c1-35(2,3)44(9,10)42-30-20-22-37(7)29(24-30)25-39(40,27-41-26-28-16-14-13-15-17-28)34-31-18-19-33(38(31,8)23-21-32(34)37)43-45(11,12)36(4,5)6/h13-17,25,30-34,40H,18-24,26-27H2,1-12H3/t30-,31-,32-,33-,34-,37-,38-,39+/m0/s1. The molecule has 1 aromatic carbocycles. The summed E-state index contributed by atoms with van der Waals surface area (Å²) in [5, 5.41) is 13.4. The van der Waals surface area contributed by atoms with Gasteiger partial charge in [0.05, 0.1) is 19.3 Å². The van der Waals surface area contributed by atoms with Crippen LogP contribution in [0.5, 0.6) is 0 Å². The van der Waals surface area contributed by atoms with Crippen molar-refractivity contribution in [2.75, 3.05) is 6.61 Å². The number of ether oxygens (including phenoxy) is 1. The molecule has 0 amide bonds. The first kappa shape index (κ1) is 35.5. The van der Waals surface area contributed by atoms with Crippen LogP contribution >= 0.6 is 0 Å². The first-order valence-electron chi connectivity index (χ1n) is 18.0. The maximum Gasteiger partial charge on any atom is 0.192 e. The summed E-state index contributed by atoms with van der Waals surface area (Å²) in [6.45, 7) is 29.6. The molecule has 1 N–H and O–H groups in total. The Labute approximate surface area is 278 Å². The molecule has 0 saturated heterocycles. The van der Waals surface area contributed by atoms with Crippen molar-refractivity contribution in [2.24, 2.45) is 28.6 Å². The van der Waals surface area contributed by atoms with Crippen LogP contribution in [-0.4, -0.2) is 46.2 Å². The molecular formula is C39H66O4Si2. The van der Waals surface area contributed by atoms with Gasteiger partial charge in [-0.05, 0) is 109 Å². The van der Waals surface area contributed by atoms with Gasteiger partial charge in [0.1, 0.15) is 5.60 Å². The molecule has 0 aliphatic heterocycles. The first-order valence-corrected chi connectivity index (χ1v) is 23.9. The van der Waals surface area contributed by atoms with E-state index in [1.807, 2.05) is 6.07 Å². The predicted molar refractivity (Wildman–Crippen MR) is 192 cm³/mol. The Morgan fingerprint density at radius 1 is 0.800 bits per heavy atom. The lowest BCUT2D eigenvalue weighted by molar-refractivity contribution is -0.165. The summed E-state index contributed by atoms with van der Waals surface area (Å²) in [7, 11) is -3.82. The molecule has 5 rings (SSSR count). The molecule has 4 nitrogen and oxygen atoms in total. The largest absolute Gasteiger partial charge is 0.414 e. The summed E-state index contributed by atoms with van der Waals surface area (Å²) < 4.78 is 20.7. The van der Waals surface area contributed by atoms with Crippen molar-refractivity contribution in [2.45, 2.75) is 161 Å². The lowest BCUT2D eigenvalue weighted by Crippen LogP contribution is -2.62. The Morgan fingerprint density at radius 3 is 2.04 bits per heavy atom. The van der Waals surface area contributed by atoms with Crippen molar-refractivity contribution in [1.29, 1.82) is 0 Å². The fraction of sp³-hybridized carbons (Fsp3) is 0.795. The molecule has 0 spiro atoms. The van der Waals surface area contributed by atoms with Gasteiger partial charge in [-0.1, -0.05) is 97.4 Å². The third-order valence-corrected chi connectivity index (χ3v) is 23.1. The predicted octanol–water partition coefficient (Wildman–Crippen LogP) is 10.3. The minimum Gasteiger partial charge on any atom is -0.414 e. The van der Waals surface area contributed by atoms with Crippen molar-refractivity contribution in [3.63, 3.8) is 0 Å². The molecule has 4 aliphatic carbocycles. The van der Waals surface area contributed by atoms with Gasteiger partial charge in [0.2, 0.25) is 0 Å². The summed E-state index contributed by atoms with van der Waals surface area (Å²) in [5.41, 5.74) is 1.77. The second kappa shape index (κ2) is 12.0. The number of aliphatic hydroxyl groups is 1. The van der Waals surface area contributed by atoms with Crippen LogP contribution < -0.4 is 0 Å². The molecule has 3 saturated carbocycles. The number of hydrogen-bond donors (Lipinski definition) is 1. The first-order chi connectivity index (χ1) is 20.6. The quantitative estimate of drug-likeness (QED) is 0.224. The van der Waals surface area contributed by atoms with Crippen LogP contribution in [-0.2, 0) is 20.2 Å². The van der Waals surface area contributed by atoms with E-state index >= 15 is 0 Å². The summed E-state index contributed by atoms with van der Waals surface area (Å²) >= 11 is 0. The van der Waals surface area contributed by atoms with E-state index in [1.165, 1.54) is 12.0 Å². The van der Waals surface area contributed by atoms with Crippen LogP contribution in [0.3, 0.4) is 0 Å². The van der Waals surface area contributed by atoms with Gasteiger partial charge < -0.3 is 18.7 Å². The molecule has 1 aromatic rings. The van der Waals surface area contributed by atoms with Gasteiger partial charge in [-0.15, -0.1) is 0 Å². The fourth-order valence-electron chi connectivity index (χ4n) is 9.22. The number of fused-ring (bicyclic) bond motifs is 5. The van der Waals surface area contributed by atoms with Gasteiger partial charge in [0, 0.05) is 12.0 Å². The van der Waals surface area contributed by atoms with Crippen LogP contribution in [0, 0.1) is 28.6 Å². The lowest BCUT2D eigenvalue weighted by atomic mass is 9.45. The number of benzene rings is 1. The van der Waals surface area contributed by atoms with Crippen molar-refractivity contribution in [1.82, 2.24) is 0 Å². The van der Waals surface area contributed by atoms with Gasteiger partial charge in [-0.3, -0.25) is 0 Å². The summed E-state index contributed by atoms with van der Waals surface area (Å²) in [4.78, 5) is 0. The Morgan fingerprint density at radius 2 is 1.42 bits per heavy atom. The third-order valence-electron chi connectivity index (χ3n) is 14.1. The van der Waals surface area contributed by atoms with Gasteiger partial charge in [-0.25, -0.2) is 0 Å². The molecule has 6 heteroatoms. The van der Waals surface area contributed by atoms with E-state index < -0.39 is 22.2 Å². The molecule has 4 aliphatic rings. The Hall–Kier alpha value is -0.766. The molecule has 8 atom stereocenters. The minimum absolute atomic E-state index is 0.0778. The normalized spacial score (nSPS) is 37.4. The van der Waals surface area contributed by atoms with Crippen LogP contribution in [0.1, 0.15) is 106 Å². The SMILES string of the molecule is CC(C)(C)[Si](C)(C)O[C@H]1CC[C@@]2(C)C(=C[C@@](O)(COCc3ccccc3)[C@H]3[C@@H]4CC[C@H](O[Si](C)(C)C(C)(C)C)[C@@]4(C)CC[C@@H]32)C1. The molecule has 254 valence electrons. The molecule has 0 bridgehead atoms. The van der Waals surface area contributed by atoms with E-state index in [4.69, 9.17) is 13.6 Å². The van der Waals surface area contributed by atoms with Gasteiger partial charge in [-0.2, -0.15) is 0 Å². The number of hydrogen-bond acceptors (Lipinski definition) is 4. The van der Waals surface area contributed by atoms with Crippen molar-refractivity contribution < 1.29 is 18.7 Å². The van der Waals surface area contributed by atoms with Crippen molar-refractivity contribution in [3.05, 3.63) is 47.5 Å². The highest BCUT2D eigenvalue weighted by atomic mass is 28.4. The van der Waals surface area contributed by atoms with E-state index in [-0.39, 0.29) is 39.0 Å². The molecule has 45 heavy (non-hydrogen) atoms. The van der Waals surface area contributed by atoms with Crippen molar-refractivity contribution in [3.8, 4) is 0 Å². The van der Waals surface area contributed by atoms with Crippen LogP contribution in [0.4, 0.5) is 0 Å². The summed E-state index contributed by atoms with van der Waals surface area (Å²) in [5.74, 6) is 1.04. The van der Waals surface area contributed by atoms with Gasteiger partial charge in [0.15, 0.2) is 16.6 Å². The van der Waals surface area contributed by atoms with E-state index in [9.17, 15) is 5.11 Å². The van der Waals surface area contributed by atoms with E-state index in [0.29, 0.717) is 25.0 Å². The van der Waals surface area contributed by atoms with E-state index in [0.717, 1.165) is 44.1 Å². The Bertz CT molecular complexity index is 1230. The van der Waals surface area contributed by atoms with Gasteiger partial charge in [0.25, 0.3) is 0 Å². The molecule has 0 aromatic heterocycles. The summed E-state index contributed by atoms with van der Waals surface area (Å²) in [6, 6.07) is 10.4. The molecule has 0 heterocycles. The maximum atomic E-state index is 13.0. The number of rotatable bonds is 8. The fourth-order valence-corrected chi connectivity index (χ4v) is 12.1. The molecule has 0 radical (unpaired) electrons. The third kappa shape index (κ3) is 6.51. The highest BCUT2D eigenvalue weighted by Gasteiger charge is 2.65. The van der Waals surface area contributed by atoms with Crippen LogP contribution in [0.2, 0.25) is 36.3 Å². The Kier molecular flexibility index (Phi) is 9.46. The van der Waals surface area contributed by atoms with Crippen LogP contribution in [0.15, 0.2) is 42.0 Å². The zero-order chi connectivity index (χ0) is 33.3. The molecule has 0 unspecified atom stereocenters. The smallest absolute Gasteiger partial charge is 0.192 e. The zero-order valence-electron chi connectivity index (χ0n) is 30.9. The van der Waals surface area contributed by atoms with Crippen molar-refractivity contribution >= 4 is 16.6 Å².